The smallest absolute Gasteiger partial charge is 0.245 e. The number of benzene rings is 1. The van der Waals surface area contributed by atoms with Gasteiger partial charge in [-0.3, -0.25) is 9.59 Å². The van der Waals surface area contributed by atoms with Gasteiger partial charge in [0.15, 0.2) is 0 Å². The van der Waals surface area contributed by atoms with Crippen molar-refractivity contribution in [1.82, 2.24) is 18.8 Å². The topological polar surface area (TPSA) is 105 Å². The largest absolute Gasteiger partial charge is 0.338 e. The van der Waals surface area contributed by atoms with Gasteiger partial charge < -0.3 is 14.8 Å². The fourth-order valence-electron chi connectivity index (χ4n) is 3.10. The molecule has 28 heavy (non-hydrogen) atoms. The van der Waals surface area contributed by atoms with Gasteiger partial charge in [0.1, 0.15) is 6.04 Å². The number of carbonyl (C=O) groups excluding carboxylic acids is 2. The maximum absolute atomic E-state index is 12.8. The van der Waals surface area contributed by atoms with Crippen molar-refractivity contribution in [3.05, 3.63) is 43.0 Å². The molecule has 1 atom stereocenters. The summed E-state index contributed by atoms with van der Waals surface area (Å²) in [6.45, 7) is 4.32. The molecule has 1 saturated heterocycles. The number of anilines is 1. The Bertz CT molecular complexity index is 933. The summed E-state index contributed by atoms with van der Waals surface area (Å²) in [7, 11) is -3.65. The van der Waals surface area contributed by atoms with Crippen LogP contribution < -0.4 is 5.32 Å². The monoisotopic (exact) mass is 405 g/mol. The zero-order valence-corrected chi connectivity index (χ0v) is 16.6. The van der Waals surface area contributed by atoms with Crippen LogP contribution in [0.4, 0.5) is 5.69 Å². The Hall–Kier alpha value is -2.72. The number of sulfonamides is 1. The van der Waals surface area contributed by atoms with E-state index in [1.54, 1.807) is 47.2 Å². The SMILES string of the molecule is CC(=O)Nc1ccc(S(=O)(=O)N2CCN(C(=O)C(C)n3ccnc3)CC2)cc1. The molecule has 150 valence electrons. The number of hydrogen-bond acceptors (Lipinski definition) is 5. The zero-order chi connectivity index (χ0) is 20.3. The molecule has 0 saturated carbocycles. The van der Waals surface area contributed by atoms with E-state index in [0.717, 1.165) is 0 Å². The van der Waals surface area contributed by atoms with Crippen molar-refractivity contribution in [2.75, 3.05) is 31.5 Å². The lowest BCUT2D eigenvalue weighted by Gasteiger charge is -2.35. The fraction of sp³-hybridized carbons (Fsp3) is 0.389. The first-order valence-corrected chi connectivity index (χ1v) is 10.4. The van der Waals surface area contributed by atoms with Crippen LogP contribution in [0.15, 0.2) is 47.9 Å². The number of nitrogens with one attached hydrogen (secondary N) is 1. The molecule has 9 nitrogen and oxygen atoms in total. The molecular formula is C18H23N5O4S. The highest BCUT2D eigenvalue weighted by Gasteiger charge is 2.31. The highest BCUT2D eigenvalue weighted by molar-refractivity contribution is 7.89. The minimum absolute atomic E-state index is 0.0605. The first-order valence-electron chi connectivity index (χ1n) is 8.93. The number of carbonyl (C=O) groups is 2. The van der Waals surface area contributed by atoms with Gasteiger partial charge in [-0.1, -0.05) is 0 Å². The molecule has 1 aromatic heterocycles. The Morgan fingerprint density at radius 3 is 2.29 bits per heavy atom. The van der Waals surface area contributed by atoms with Gasteiger partial charge in [-0.05, 0) is 31.2 Å². The van der Waals surface area contributed by atoms with Crippen LogP contribution in [0.1, 0.15) is 19.9 Å². The summed E-state index contributed by atoms with van der Waals surface area (Å²) in [5.74, 6) is -0.281. The van der Waals surface area contributed by atoms with E-state index < -0.39 is 10.0 Å². The average molecular weight is 405 g/mol. The third-order valence-corrected chi connectivity index (χ3v) is 6.61. The summed E-state index contributed by atoms with van der Waals surface area (Å²) in [5.41, 5.74) is 0.537. The second kappa shape index (κ2) is 8.11. The second-order valence-electron chi connectivity index (χ2n) is 6.62. The molecule has 3 rings (SSSR count). The lowest BCUT2D eigenvalue weighted by molar-refractivity contribution is -0.135. The molecule has 2 heterocycles. The number of aromatic nitrogens is 2. The van der Waals surface area contributed by atoms with E-state index in [0.29, 0.717) is 18.8 Å². The Morgan fingerprint density at radius 2 is 1.75 bits per heavy atom. The maximum Gasteiger partial charge on any atom is 0.245 e. The summed E-state index contributed by atoms with van der Waals surface area (Å²) >= 11 is 0. The second-order valence-corrected chi connectivity index (χ2v) is 8.56. The predicted molar refractivity (Wildman–Crippen MR) is 103 cm³/mol. The van der Waals surface area contributed by atoms with Gasteiger partial charge in [-0.15, -0.1) is 0 Å². The number of nitrogens with zero attached hydrogens (tertiary/aromatic N) is 4. The van der Waals surface area contributed by atoms with E-state index in [2.05, 4.69) is 10.3 Å². The lowest BCUT2D eigenvalue weighted by atomic mass is 10.2. The highest BCUT2D eigenvalue weighted by atomic mass is 32.2. The third kappa shape index (κ3) is 4.23. The standard InChI is InChI=1S/C18H23N5O4S/c1-14(22-8-7-19-13-22)18(25)21-9-11-23(12-10-21)28(26,27)17-5-3-16(4-6-17)20-15(2)24/h3-8,13-14H,9-12H2,1-2H3,(H,20,24). The Morgan fingerprint density at radius 1 is 1.11 bits per heavy atom. The molecular weight excluding hydrogens is 382 g/mol. The van der Waals surface area contributed by atoms with Gasteiger partial charge in [-0.25, -0.2) is 13.4 Å². The van der Waals surface area contributed by atoms with Crippen molar-refractivity contribution in [3.63, 3.8) is 0 Å². The van der Waals surface area contributed by atoms with Crippen LogP contribution in [0.3, 0.4) is 0 Å². The number of amides is 2. The summed E-state index contributed by atoms with van der Waals surface area (Å²) in [4.78, 5) is 29.5. The van der Waals surface area contributed by atoms with Crippen molar-refractivity contribution >= 4 is 27.5 Å². The van der Waals surface area contributed by atoms with Crippen molar-refractivity contribution in [2.24, 2.45) is 0 Å². The Kier molecular flexibility index (Phi) is 5.80. The maximum atomic E-state index is 12.8. The van der Waals surface area contributed by atoms with E-state index in [4.69, 9.17) is 0 Å². The normalized spacial score (nSPS) is 16.6. The first kappa shape index (κ1) is 20.0. The van der Waals surface area contributed by atoms with Crippen LogP contribution in [0.2, 0.25) is 0 Å². The lowest BCUT2D eigenvalue weighted by Crippen LogP contribution is -2.51. The number of rotatable bonds is 5. The van der Waals surface area contributed by atoms with Crippen molar-refractivity contribution < 1.29 is 18.0 Å². The highest BCUT2D eigenvalue weighted by Crippen LogP contribution is 2.21. The molecule has 10 heteroatoms. The number of imidazole rings is 1. The summed E-state index contributed by atoms with van der Waals surface area (Å²) in [6, 6.07) is 5.67. The molecule has 0 bridgehead atoms. The van der Waals surface area contributed by atoms with Crippen LogP contribution in [0, 0.1) is 0 Å². The van der Waals surface area contributed by atoms with Gasteiger partial charge in [0.25, 0.3) is 0 Å². The molecule has 1 unspecified atom stereocenters. The molecule has 1 fully saturated rings. The quantitative estimate of drug-likeness (QED) is 0.797. The number of piperazine rings is 1. The molecule has 1 N–H and O–H groups in total. The van der Waals surface area contributed by atoms with E-state index >= 15 is 0 Å². The van der Waals surface area contributed by atoms with Crippen LogP contribution in [0.5, 0.6) is 0 Å². The van der Waals surface area contributed by atoms with Crippen molar-refractivity contribution in [1.29, 1.82) is 0 Å². The first-order chi connectivity index (χ1) is 13.3. The minimum atomic E-state index is -3.65. The number of hydrogen-bond donors (Lipinski definition) is 1. The molecule has 0 radical (unpaired) electrons. The molecule has 1 aromatic carbocycles. The fourth-order valence-corrected chi connectivity index (χ4v) is 4.52. The molecule has 1 aliphatic heterocycles. The third-order valence-electron chi connectivity index (χ3n) is 4.69. The van der Waals surface area contributed by atoms with E-state index in [1.165, 1.54) is 23.4 Å². The summed E-state index contributed by atoms with van der Waals surface area (Å²) in [6.07, 6.45) is 4.94. The van der Waals surface area contributed by atoms with Crippen LogP contribution in [-0.4, -0.2) is 65.2 Å². The van der Waals surface area contributed by atoms with Gasteiger partial charge in [0.05, 0.1) is 11.2 Å². The Balaban J connectivity index is 1.63. The van der Waals surface area contributed by atoms with Crippen LogP contribution in [-0.2, 0) is 19.6 Å². The van der Waals surface area contributed by atoms with Crippen LogP contribution >= 0.6 is 0 Å². The molecule has 2 amide bonds. The van der Waals surface area contributed by atoms with Crippen LogP contribution in [0.25, 0.3) is 0 Å². The van der Waals surface area contributed by atoms with Gasteiger partial charge in [0.2, 0.25) is 21.8 Å². The van der Waals surface area contributed by atoms with E-state index in [-0.39, 0.29) is 35.8 Å². The van der Waals surface area contributed by atoms with Gasteiger partial charge in [0, 0.05) is 51.2 Å². The molecule has 0 aliphatic carbocycles. The van der Waals surface area contributed by atoms with E-state index in [1.807, 2.05) is 0 Å². The van der Waals surface area contributed by atoms with Gasteiger partial charge >= 0.3 is 0 Å². The van der Waals surface area contributed by atoms with Crippen molar-refractivity contribution in [3.8, 4) is 0 Å². The van der Waals surface area contributed by atoms with Gasteiger partial charge in [-0.2, -0.15) is 4.31 Å². The predicted octanol–water partition coefficient (Wildman–Crippen LogP) is 0.936. The van der Waals surface area contributed by atoms with Crippen molar-refractivity contribution in [2.45, 2.75) is 24.8 Å². The molecule has 1 aliphatic rings. The zero-order valence-electron chi connectivity index (χ0n) is 15.8. The molecule has 2 aromatic rings. The van der Waals surface area contributed by atoms with E-state index in [9.17, 15) is 18.0 Å². The minimum Gasteiger partial charge on any atom is -0.338 e. The Labute approximate surface area is 164 Å². The summed E-state index contributed by atoms with van der Waals surface area (Å²) in [5, 5.41) is 2.61. The average Bonchev–Trinajstić information content (AvgIpc) is 3.21. The summed E-state index contributed by atoms with van der Waals surface area (Å²) < 4.78 is 28.8. The molecule has 0 spiro atoms.